The summed E-state index contributed by atoms with van der Waals surface area (Å²) in [4.78, 5) is 0. The molecule has 0 nitrogen and oxygen atoms in total. The maximum atomic E-state index is 2.55. The molecule has 0 heterocycles. The van der Waals surface area contributed by atoms with E-state index in [4.69, 9.17) is 0 Å². The van der Waals surface area contributed by atoms with Gasteiger partial charge in [-0.15, -0.1) is 0 Å². The van der Waals surface area contributed by atoms with Crippen molar-refractivity contribution in [3.05, 3.63) is 199 Å². The summed E-state index contributed by atoms with van der Waals surface area (Å²) in [6.07, 6.45) is 8.46. The van der Waals surface area contributed by atoms with Crippen LogP contribution in [-0.2, 0) is 0 Å². The third kappa shape index (κ3) is 5.10. The fraction of sp³-hybridized carbons (Fsp3) is 0.0698. The molecule has 0 amide bonds. The van der Waals surface area contributed by atoms with Gasteiger partial charge in [-0.3, -0.25) is 0 Å². The Labute approximate surface area is 270 Å². The number of allylic oxidation sites excluding steroid dienone is 4. The second kappa shape index (κ2) is 12.7. The SMILES string of the molecule is CC1C=C([Si](c2ccccc2)(c2ccccc2)c2ccc([Si](c3ccccc3)(c3ccccc3)c3ccccc3)cc2)C=CC1. The topological polar surface area (TPSA) is 0 Å². The molecule has 0 N–H and O–H groups in total. The lowest BCUT2D eigenvalue weighted by Gasteiger charge is -2.38. The van der Waals surface area contributed by atoms with Crippen LogP contribution in [0.5, 0.6) is 0 Å². The van der Waals surface area contributed by atoms with E-state index in [2.05, 4.69) is 201 Å². The van der Waals surface area contributed by atoms with Gasteiger partial charge in [-0.05, 0) is 53.8 Å². The van der Waals surface area contributed by atoms with E-state index in [1.807, 2.05) is 0 Å². The average molecular weight is 611 g/mol. The van der Waals surface area contributed by atoms with Crippen molar-refractivity contribution < 1.29 is 0 Å². The van der Waals surface area contributed by atoms with Gasteiger partial charge in [-0.2, -0.15) is 0 Å². The Morgan fingerprint density at radius 3 is 1.00 bits per heavy atom. The summed E-state index contributed by atoms with van der Waals surface area (Å²) in [5.74, 6) is 0.512. The third-order valence-electron chi connectivity index (χ3n) is 9.49. The zero-order valence-electron chi connectivity index (χ0n) is 25.8. The van der Waals surface area contributed by atoms with Crippen LogP contribution in [-0.4, -0.2) is 16.1 Å². The molecule has 0 spiro atoms. The fourth-order valence-corrected chi connectivity index (χ4v) is 17.2. The van der Waals surface area contributed by atoms with Crippen LogP contribution >= 0.6 is 0 Å². The van der Waals surface area contributed by atoms with Crippen LogP contribution in [0.15, 0.2) is 199 Å². The molecule has 1 aliphatic carbocycles. The van der Waals surface area contributed by atoms with Gasteiger partial charge in [0.05, 0.1) is 0 Å². The van der Waals surface area contributed by atoms with E-state index in [0.717, 1.165) is 6.42 Å². The van der Waals surface area contributed by atoms with E-state index >= 15 is 0 Å². The van der Waals surface area contributed by atoms with E-state index < -0.39 is 16.1 Å². The minimum atomic E-state index is -2.60. The molecule has 6 aromatic carbocycles. The predicted molar refractivity (Wildman–Crippen MR) is 199 cm³/mol. The fourth-order valence-electron chi connectivity index (χ4n) is 7.50. The summed E-state index contributed by atoms with van der Waals surface area (Å²) in [6.45, 7) is 2.35. The maximum absolute atomic E-state index is 2.60. The first-order valence-electron chi connectivity index (χ1n) is 16.0. The Bertz CT molecular complexity index is 1760. The first-order chi connectivity index (χ1) is 22.2. The normalized spacial score (nSPS) is 15.0. The van der Waals surface area contributed by atoms with Crippen molar-refractivity contribution in [3.63, 3.8) is 0 Å². The average Bonchev–Trinajstić information content (AvgIpc) is 3.12. The van der Waals surface area contributed by atoms with E-state index in [0.29, 0.717) is 5.92 Å². The number of benzene rings is 6. The van der Waals surface area contributed by atoms with Gasteiger partial charge in [0.1, 0.15) is 0 Å². The van der Waals surface area contributed by atoms with E-state index in [9.17, 15) is 0 Å². The summed E-state index contributed by atoms with van der Waals surface area (Å²) >= 11 is 0. The zero-order chi connectivity index (χ0) is 30.5. The van der Waals surface area contributed by atoms with Gasteiger partial charge in [0.25, 0.3) is 0 Å². The van der Waals surface area contributed by atoms with Crippen molar-refractivity contribution in [1.82, 2.24) is 0 Å². The highest BCUT2D eigenvalue weighted by molar-refractivity contribution is 7.20. The number of hydrogen-bond donors (Lipinski definition) is 0. The van der Waals surface area contributed by atoms with Crippen LogP contribution in [0.3, 0.4) is 0 Å². The molecule has 1 unspecified atom stereocenters. The molecule has 0 fully saturated rings. The lowest BCUT2D eigenvalue weighted by molar-refractivity contribution is 0.734. The monoisotopic (exact) mass is 610 g/mol. The summed E-state index contributed by atoms with van der Waals surface area (Å²) < 4.78 is 0. The Kier molecular flexibility index (Phi) is 8.17. The molecule has 1 atom stereocenters. The first-order valence-corrected chi connectivity index (χ1v) is 20.0. The molecule has 0 aliphatic heterocycles. The van der Waals surface area contributed by atoms with E-state index in [1.54, 1.807) is 0 Å². The van der Waals surface area contributed by atoms with E-state index in [1.165, 1.54) is 41.5 Å². The Balaban J connectivity index is 1.52. The Hall–Kier alpha value is -4.77. The van der Waals surface area contributed by atoms with Gasteiger partial charge in [0.15, 0.2) is 16.1 Å². The molecule has 0 bridgehead atoms. The minimum Gasteiger partial charge on any atom is -0.0840 e. The van der Waals surface area contributed by atoms with Gasteiger partial charge in [0.2, 0.25) is 0 Å². The van der Waals surface area contributed by atoms with Crippen LogP contribution in [0, 0.1) is 5.92 Å². The highest BCUT2D eigenvalue weighted by atomic mass is 28.3. The number of hydrogen-bond acceptors (Lipinski definition) is 0. The van der Waals surface area contributed by atoms with Crippen molar-refractivity contribution in [2.45, 2.75) is 13.3 Å². The standard InChI is InChI=1S/C43H38Si2/c1-35-18-17-29-43(34-35)45(39-25-13-5-14-26-39,40-27-15-6-16-28-40)42-32-30-41(31-33-42)44(36-19-7-2-8-20-36,37-21-9-3-10-22-37)38-23-11-4-12-24-38/h2-17,19-35H,18H2,1H3. The molecule has 0 saturated carbocycles. The number of rotatable bonds is 8. The van der Waals surface area contributed by atoms with Gasteiger partial charge < -0.3 is 0 Å². The molecule has 7 rings (SSSR count). The molecule has 0 saturated heterocycles. The molecule has 0 aromatic heterocycles. The van der Waals surface area contributed by atoms with Crippen molar-refractivity contribution in [2.75, 3.05) is 0 Å². The minimum absolute atomic E-state index is 0.512. The first kappa shape index (κ1) is 29.0. The molecule has 0 radical (unpaired) electrons. The Morgan fingerprint density at radius 1 is 0.378 bits per heavy atom. The smallest absolute Gasteiger partial charge is 0.0840 e. The molecular weight excluding hydrogens is 573 g/mol. The zero-order valence-corrected chi connectivity index (χ0v) is 27.8. The molecule has 1 aliphatic rings. The summed E-state index contributed by atoms with van der Waals surface area (Å²) in [7, 11) is -5.20. The summed E-state index contributed by atoms with van der Waals surface area (Å²) in [5.41, 5.74) is 0. The van der Waals surface area contributed by atoms with Crippen molar-refractivity contribution in [3.8, 4) is 0 Å². The molecule has 45 heavy (non-hydrogen) atoms. The van der Waals surface area contributed by atoms with Gasteiger partial charge in [-0.1, -0.05) is 201 Å². The van der Waals surface area contributed by atoms with E-state index in [-0.39, 0.29) is 0 Å². The summed E-state index contributed by atoms with van der Waals surface area (Å²) in [5, 5.41) is 11.3. The van der Waals surface area contributed by atoms with Crippen LogP contribution in [0.2, 0.25) is 0 Å². The van der Waals surface area contributed by atoms with Gasteiger partial charge >= 0.3 is 0 Å². The second-order valence-electron chi connectivity index (χ2n) is 12.1. The second-order valence-corrected chi connectivity index (χ2v) is 19.8. The molecule has 2 heteroatoms. The lowest BCUT2D eigenvalue weighted by atomic mass is 10.0. The van der Waals surface area contributed by atoms with Crippen LogP contribution in [0.25, 0.3) is 0 Å². The Morgan fingerprint density at radius 2 is 0.667 bits per heavy atom. The van der Waals surface area contributed by atoms with Gasteiger partial charge in [0, 0.05) is 0 Å². The van der Waals surface area contributed by atoms with Crippen molar-refractivity contribution >= 4 is 52.5 Å². The van der Waals surface area contributed by atoms with Crippen LogP contribution in [0.4, 0.5) is 0 Å². The van der Waals surface area contributed by atoms with Crippen LogP contribution in [0.1, 0.15) is 13.3 Å². The van der Waals surface area contributed by atoms with Crippen molar-refractivity contribution in [2.24, 2.45) is 5.92 Å². The van der Waals surface area contributed by atoms with Gasteiger partial charge in [-0.25, -0.2) is 0 Å². The molecule has 218 valence electrons. The quantitative estimate of drug-likeness (QED) is 0.156. The van der Waals surface area contributed by atoms with Crippen LogP contribution < -0.4 is 36.3 Å². The summed E-state index contributed by atoms with van der Waals surface area (Å²) in [6, 6.07) is 66.1. The predicted octanol–water partition coefficient (Wildman–Crippen LogP) is 5.60. The highest BCUT2D eigenvalue weighted by Gasteiger charge is 2.45. The van der Waals surface area contributed by atoms with Crippen molar-refractivity contribution in [1.29, 1.82) is 0 Å². The third-order valence-corrected chi connectivity index (χ3v) is 19.1. The largest absolute Gasteiger partial charge is 0.179 e. The molecular formula is C43H38Si2. The lowest BCUT2D eigenvalue weighted by Crippen LogP contribution is -2.75. The maximum Gasteiger partial charge on any atom is 0.179 e. The molecule has 6 aromatic rings. The highest BCUT2D eigenvalue weighted by Crippen LogP contribution is 2.25.